The van der Waals surface area contributed by atoms with E-state index in [9.17, 15) is 15.4 Å². The van der Waals surface area contributed by atoms with Crippen molar-refractivity contribution in [3.63, 3.8) is 0 Å². The first-order valence-electron chi connectivity index (χ1n) is 6.82. The van der Waals surface area contributed by atoms with Gasteiger partial charge in [-0.15, -0.1) is 0 Å². The van der Waals surface area contributed by atoms with Gasteiger partial charge in [0.05, 0.1) is 22.2 Å². The second kappa shape index (κ2) is 5.78. The van der Waals surface area contributed by atoms with E-state index in [2.05, 4.69) is 33.4 Å². The lowest BCUT2D eigenvalue weighted by Crippen LogP contribution is -2.08. The number of non-ortho nitro benzene ring substituents is 1. The summed E-state index contributed by atoms with van der Waals surface area (Å²) in [6, 6.07) is 12.7. The quantitative estimate of drug-likeness (QED) is 0.654. The number of nitro groups is 1. The third kappa shape index (κ3) is 2.68. The molecule has 1 unspecified atom stereocenters. The van der Waals surface area contributed by atoms with Crippen LogP contribution < -0.4 is 5.32 Å². The number of fused-ring (bicyclic) bond motifs is 1. The molecule has 2 aromatic rings. The summed E-state index contributed by atoms with van der Waals surface area (Å²) in [5, 5.41) is 23.3. The first-order valence-corrected chi connectivity index (χ1v) is 7.61. The molecule has 0 spiro atoms. The highest BCUT2D eigenvalue weighted by Crippen LogP contribution is 2.36. The van der Waals surface area contributed by atoms with Gasteiger partial charge in [0.2, 0.25) is 0 Å². The highest BCUT2D eigenvalue weighted by atomic mass is 79.9. The average Bonchev–Trinajstić information content (AvgIpc) is 2.89. The maximum atomic E-state index is 10.8. The predicted octanol–water partition coefficient (Wildman–Crippen LogP) is 4.33. The molecule has 1 N–H and O–H groups in total. The van der Waals surface area contributed by atoms with Crippen molar-refractivity contribution in [2.45, 2.75) is 18.9 Å². The normalized spacial score (nSPS) is 15.9. The van der Waals surface area contributed by atoms with Gasteiger partial charge in [0.15, 0.2) is 0 Å². The van der Waals surface area contributed by atoms with Crippen LogP contribution in [0.4, 0.5) is 11.4 Å². The molecule has 5 nitrogen and oxygen atoms in total. The lowest BCUT2D eigenvalue weighted by molar-refractivity contribution is -0.384. The van der Waals surface area contributed by atoms with Gasteiger partial charge >= 0.3 is 0 Å². The lowest BCUT2D eigenvalue weighted by Gasteiger charge is -2.16. The highest BCUT2D eigenvalue weighted by Gasteiger charge is 2.23. The Morgan fingerprint density at radius 1 is 1.32 bits per heavy atom. The number of nitrogens with one attached hydrogen (secondary N) is 1. The van der Waals surface area contributed by atoms with E-state index in [4.69, 9.17) is 0 Å². The molecule has 0 aromatic heterocycles. The van der Waals surface area contributed by atoms with Crippen LogP contribution in [0.3, 0.4) is 0 Å². The first-order chi connectivity index (χ1) is 10.6. The van der Waals surface area contributed by atoms with Crippen LogP contribution >= 0.6 is 15.9 Å². The van der Waals surface area contributed by atoms with Crippen LogP contribution in [0.15, 0.2) is 40.9 Å². The van der Waals surface area contributed by atoms with Crippen molar-refractivity contribution in [3.8, 4) is 6.07 Å². The van der Waals surface area contributed by atoms with Crippen molar-refractivity contribution < 1.29 is 4.92 Å². The van der Waals surface area contributed by atoms with Crippen LogP contribution in [-0.2, 0) is 6.42 Å². The van der Waals surface area contributed by atoms with Gasteiger partial charge in [0.1, 0.15) is 6.07 Å². The Hall–Kier alpha value is -2.39. The van der Waals surface area contributed by atoms with Crippen LogP contribution in [-0.4, -0.2) is 4.92 Å². The topological polar surface area (TPSA) is 79.0 Å². The van der Waals surface area contributed by atoms with Gasteiger partial charge in [0.25, 0.3) is 5.69 Å². The number of aryl methyl sites for hydroxylation is 1. The molecule has 0 aliphatic heterocycles. The van der Waals surface area contributed by atoms with E-state index in [0.29, 0.717) is 11.3 Å². The molecule has 6 heteroatoms. The molecule has 0 amide bonds. The van der Waals surface area contributed by atoms with Gasteiger partial charge in [-0.2, -0.15) is 5.26 Å². The van der Waals surface area contributed by atoms with E-state index in [-0.39, 0.29) is 11.7 Å². The summed E-state index contributed by atoms with van der Waals surface area (Å²) >= 11 is 3.47. The number of anilines is 1. The van der Waals surface area contributed by atoms with Gasteiger partial charge < -0.3 is 5.32 Å². The zero-order chi connectivity index (χ0) is 15.7. The van der Waals surface area contributed by atoms with Gasteiger partial charge in [-0.05, 0) is 42.2 Å². The van der Waals surface area contributed by atoms with Crippen molar-refractivity contribution in [3.05, 3.63) is 67.7 Å². The Kier molecular flexibility index (Phi) is 3.82. The molecule has 0 bridgehead atoms. The molecule has 0 saturated heterocycles. The van der Waals surface area contributed by atoms with Crippen LogP contribution in [0.2, 0.25) is 0 Å². The van der Waals surface area contributed by atoms with E-state index in [0.717, 1.165) is 17.3 Å². The first kappa shape index (κ1) is 14.5. The molecule has 1 atom stereocenters. The van der Waals surface area contributed by atoms with Gasteiger partial charge in [-0.1, -0.05) is 22.0 Å². The Bertz CT molecular complexity index is 798. The monoisotopic (exact) mass is 357 g/mol. The fraction of sp³-hybridized carbons (Fsp3) is 0.188. The van der Waals surface area contributed by atoms with Crippen molar-refractivity contribution in [1.82, 2.24) is 0 Å². The largest absolute Gasteiger partial charge is 0.377 e. The fourth-order valence-electron chi connectivity index (χ4n) is 2.79. The van der Waals surface area contributed by atoms with Crippen molar-refractivity contribution in [2.24, 2.45) is 0 Å². The van der Waals surface area contributed by atoms with Crippen LogP contribution in [0.1, 0.15) is 29.2 Å². The van der Waals surface area contributed by atoms with E-state index in [1.165, 1.54) is 23.3 Å². The van der Waals surface area contributed by atoms with Crippen LogP contribution in [0, 0.1) is 21.4 Å². The van der Waals surface area contributed by atoms with Gasteiger partial charge in [0, 0.05) is 16.6 Å². The number of hydrogen-bond donors (Lipinski definition) is 1. The molecule has 0 heterocycles. The number of nitrogens with zero attached hydrogens (tertiary/aromatic N) is 2. The fourth-order valence-corrected chi connectivity index (χ4v) is 3.20. The molecule has 110 valence electrons. The molecule has 1 aliphatic carbocycles. The highest BCUT2D eigenvalue weighted by molar-refractivity contribution is 9.10. The van der Waals surface area contributed by atoms with Gasteiger partial charge in [-0.3, -0.25) is 10.1 Å². The summed E-state index contributed by atoms with van der Waals surface area (Å²) in [6.07, 6.45) is 1.91. The van der Waals surface area contributed by atoms with E-state index in [1.807, 2.05) is 12.1 Å². The average molecular weight is 358 g/mol. The van der Waals surface area contributed by atoms with Crippen molar-refractivity contribution in [2.75, 3.05) is 5.32 Å². The summed E-state index contributed by atoms with van der Waals surface area (Å²) in [4.78, 5) is 10.3. The smallest absolute Gasteiger partial charge is 0.270 e. The Balaban J connectivity index is 1.89. The summed E-state index contributed by atoms with van der Waals surface area (Å²) in [5.74, 6) is 0. The third-order valence-electron chi connectivity index (χ3n) is 3.85. The maximum absolute atomic E-state index is 10.8. The molecule has 3 rings (SSSR count). The van der Waals surface area contributed by atoms with Crippen molar-refractivity contribution in [1.29, 1.82) is 5.26 Å². The minimum Gasteiger partial charge on any atom is -0.377 e. The zero-order valence-corrected chi connectivity index (χ0v) is 13.1. The Labute approximate surface area is 135 Å². The maximum Gasteiger partial charge on any atom is 0.270 e. The summed E-state index contributed by atoms with van der Waals surface area (Å²) < 4.78 is 1.06. The number of hydrogen-bond acceptors (Lipinski definition) is 4. The molecule has 0 fully saturated rings. The summed E-state index contributed by atoms with van der Waals surface area (Å²) in [5.41, 5.74) is 3.35. The Morgan fingerprint density at radius 2 is 2.14 bits per heavy atom. The molecule has 1 aliphatic rings. The van der Waals surface area contributed by atoms with Crippen LogP contribution in [0.25, 0.3) is 0 Å². The molecular formula is C16H12BrN3O2. The molecule has 2 aromatic carbocycles. The minimum absolute atomic E-state index is 0.0714. The molecule has 0 saturated carbocycles. The second-order valence-electron chi connectivity index (χ2n) is 5.18. The molecule has 0 radical (unpaired) electrons. The van der Waals surface area contributed by atoms with E-state index < -0.39 is 4.92 Å². The van der Waals surface area contributed by atoms with Crippen LogP contribution in [0.5, 0.6) is 0 Å². The van der Waals surface area contributed by atoms with Gasteiger partial charge in [-0.25, -0.2) is 0 Å². The minimum atomic E-state index is -0.493. The standard InChI is InChI=1S/C16H12BrN3O2/c17-12-2-4-14-10(7-12)1-5-16(14)19-15-6-3-13(20(21)22)8-11(15)9-18/h2-4,6-8,16,19H,1,5H2. The van der Waals surface area contributed by atoms with Crippen molar-refractivity contribution >= 4 is 27.3 Å². The predicted molar refractivity (Wildman–Crippen MR) is 86.6 cm³/mol. The Morgan fingerprint density at radius 3 is 2.86 bits per heavy atom. The number of rotatable bonds is 3. The number of nitriles is 1. The van der Waals surface area contributed by atoms with E-state index in [1.54, 1.807) is 6.07 Å². The number of nitro benzene ring substituents is 1. The summed E-state index contributed by atoms with van der Waals surface area (Å²) in [6.45, 7) is 0. The van der Waals surface area contributed by atoms with E-state index >= 15 is 0 Å². The SMILES string of the molecule is N#Cc1cc([N+](=O)[O-])ccc1NC1CCc2cc(Br)ccc21. The third-order valence-corrected chi connectivity index (χ3v) is 4.34. The second-order valence-corrected chi connectivity index (χ2v) is 6.09. The summed E-state index contributed by atoms with van der Waals surface area (Å²) in [7, 11) is 0. The molecular weight excluding hydrogens is 346 g/mol. The number of benzene rings is 2. The lowest BCUT2D eigenvalue weighted by atomic mass is 10.1. The number of halogens is 1. The molecule has 22 heavy (non-hydrogen) atoms. The zero-order valence-electron chi connectivity index (χ0n) is 11.5.